The van der Waals surface area contributed by atoms with Gasteiger partial charge in [0.15, 0.2) is 5.82 Å². The number of aromatic amines is 1. The van der Waals surface area contributed by atoms with Gasteiger partial charge in [0.25, 0.3) is 5.91 Å². The van der Waals surface area contributed by atoms with Crippen molar-refractivity contribution in [3.8, 4) is 11.4 Å². The minimum atomic E-state index is -3.96. The van der Waals surface area contributed by atoms with E-state index < -0.39 is 21.9 Å². The zero-order valence-electron chi connectivity index (χ0n) is 18.1. The third-order valence-electron chi connectivity index (χ3n) is 4.83. The molecule has 0 aliphatic heterocycles. The Balaban J connectivity index is 1.36. The molecule has 35 heavy (non-hydrogen) atoms. The van der Waals surface area contributed by atoms with Gasteiger partial charge >= 0.3 is 5.97 Å². The van der Waals surface area contributed by atoms with E-state index >= 15 is 0 Å². The Kier molecular flexibility index (Phi) is 6.93. The van der Waals surface area contributed by atoms with Gasteiger partial charge in [-0.05, 0) is 23.8 Å². The van der Waals surface area contributed by atoms with Crippen LogP contribution in [0, 0.1) is 0 Å². The number of carboxylic acid groups (broad SMARTS) is 1. The van der Waals surface area contributed by atoms with Crippen LogP contribution in [-0.4, -0.2) is 55.6 Å². The lowest BCUT2D eigenvalue weighted by Crippen LogP contribution is -2.25. The average molecular weight is 497 g/mol. The number of hydrogen-bond donors (Lipinski definition) is 4. The van der Waals surface area contributed by atoms with Crippen LogP contribution in [0.1, 0.15) is 21.6 Å². The van der Waals surface area contributed by atoms with E-state index in [1.165, 1.54) is 36.8 Å². The van der Waals surface area contributed by atoms with Crippen LogP contribution in [0.3, 0.4) is 0 Å². The molecule has 0 saturated carbocycles. The topological polar surface area (TPSA) is 185 Å². The molecule has 1 amide bonds. The Hall–Kier alpha value is -4.43. The number of hydrogen-bond acceptors (Lipinski definition) is 8. The fourth-order valence-corrected chi connectivity index (χ4v) is 4.15. The van der Waals surface area contributed by atoms with Gasteiger partial charge in [0.1, 0.15) is 12.9 Å². The van der Waals surface area contributed by atoms with Gasteiger partial charge in [-0.25, -0.2) is 22.8 Å². The normalized spacial score (nSPS) is 11.3. The van der Waals surface area contributed by atoms with Crippen molar-refractivity contribution in [3.63, 3.8) is 0 Å². The summed E-state index contributed by atoms with van der Waals surface area (Å²) in [6, 6.07) is 13.0. The molecule has 4 rings (SSSR count). The summed E-state index contributed by atoms with van der Waals surface area (Å²) in [6.45, 7) is -0.332. The first-order valence-electron chi connectivity index (χ1n) is 10.2. The van der Waals surface area contributed by atoms with E-state index in [0.717, 1.165) is 15.8 Å². The minimum Gasteiger partial charge on any atom is -0.480 e. The number of nitrogens with one attached hydrogen (secondary N) is 3. The number of aromatic nitrogens is 6. The van der Waals surface area contributed by atoms with Crippen LogP contribution in [0.15, 0.2) is 66.0 Å². The quantitative estimate of drug-likeness (QED) is 0.243. The first kappa shape index (κ1) is 23.7. The number of H-pyrrole nitrogens is 1. The molecule has 4 N–H and O–H groups in total. The molecular weight excluding hydrogens is 476 g/mol. The van der Waals surface area contributed by atoms with Crippen LogP contribution in [-0.2, 0) is 34.5 Å². The van der Waals surface area contributed by atoms with Crippen molar-refractivity contribution in [3.05, 3.63) is 77.9 Å². The van der Waals surface area contributed by atoms with Gasteiger partial charge in [-0.2, -0.15) is 5.10 Å². The maximum atomic E-state index is 12.7. The summed E-state index contributed by atoms with van der Waals surface area (Å²) in [4.78, 5) is 27.3. The Morgan fingerprint density at radius 2 is 1.89 bits per heavy atom. The molecule has 180 valence electrons. The van der Waals surface area contributed by atoms with Gasteiger partial charge in [-0.1, -0.05) is 35.5 Å². The zero-order valence-corrected chi connectivity index (χ0v) is 18.9. The molecule has 0 unspecified atom stereocenters. The second kappa shape index (κ2) is 10.2. The lowest BCUT2D eigenvalue weighted by molar-refractivity contribution is -0.137. The Labute approximate surface area is 199 Å². The predicted octanol–water partition coefficient (Wildman–Crippen LogP) is 0.556. The largest absolute Gasteiger partial charge is 0.480 e. The number of nitrogens with zero attached hydrogens (tertiary/aromatic N) is 5. The molecule has 2 heterocycles. The van der Waals surface area contributed by atoms with Gasteiger partial charge < -0.3 is 10.4 Å². The second-order valence-corrected chi connectivity index (χ2v) is 9.13. The van der Waals surface area contributed by atoms with Gasteiger partial charge in [-0.3, -0.25) is 14.7 Å². The molecule has 14 heteroatoms. The van der Waals surface area contributed by atoms with E-state index in [-0.39, 0.29) is 35.8 Å². The van der Waals surface area contributed by atoms with Crippen molar-refractivity contribution in [1.82, 2.24) is 40.2 Å². The van der Waals surface area contributed by atoms with Crippen LogP contribution in [0.25, 0.3) is 11.4 Å². The van der Waals surface area contributed by atoms with Crippen LogP contribution in [0.4, 0.5) is 0 Å². The molecule has 0 radical (unpaired) electrons. The standard InChI is InChI=1S/C21H20N8O5S/c30-19(31)12-29-11-17(26-28-29)10-25-35(33,34)18-3-1-2-16(8-18)21(32)22-9-14-4-6-15(7-5-14)20-23-13-24-27-20/h1-8,11,13,25H,9-10,12H2,(H,22,32)(H,30,31)(H,23,24,27). The molecular formula is C21H20N8O5S. The van der Waals surface area contributed by atoms with Crippen molar-refractivity contribution in [2.75, 3.05) is 0 Å². The highest BCUT2D eigenvalue weighted by molar-refractivity contribution is 7.89. The van der Waals surface area contributed by atoms with Crippen molar-refractivity contribution in [2.45, 2.75) is 24.5 Å². The van der Waals surface area contributed by atoms with E-state index in [4.69, 9.17) is 5.11 Å². The van der Waals surface area contributed by atoms with E-state index in [0.29, 0.717) is 5.82 Å². The monoisotopic (exact) mass is 496 g/mol. The molecule has 13 nitrogen and oxygen atoms in total. The molecule has 4 aromatic rings. The van der Waals surface area contributed by atoms with Crippen molar-refractivity contribution in [1.29, 1.82) is 0 Å². The van der Waals surface area contributed by atoms with Crippen LogP contribution >= 0.6 is 0 Å². The molecule has 0 saturated heterocycles. The number of amides is 1. The van der Waals surface area contributed by atoms with Crippen molar-refractivity contribution in [2.24, 2.45) is 0 Å². The number of benzene rings is 2. The van der Waals surface area contributed by atoms with Gasteiger partial charge in [0, 0.05) is 17.7 Å². The molecule has 0 bridgehead atoms. The maximum absolute atomic E-state index is 12.7. The molecule has 0 spiro atoms. The molecule has 2 aromatic heterocycles. The lowest BCUT2D eigenvalue weighted by atomic mass is 10.1. The lowest BCUT2D eigenvalue weighted by Gasteiger charge is -2.09. The van der Waals surface area contributed by atoms with Crippen LogP contribution in [0.5, 0.6) is 0 Å². The highest BCUT2D eigenvalue weighted by Gasteiger charge is 2.17. The molecule has 2 aromatic carbocycles. The van der Waals surface area contributed by atoms with Gasteiger partial charge in [0.2, 0.25) is 10.0 Å². The number of sulfonamides is 1. The van der Waals surface area contributed by atoms with Crippen LogP contribution in [0.2, 0.25) is 0 Å². The number of aliphatic carboxylic acids is 1. The summed E-state index contributed by atoms with van der Waals surface area (Å²) in [5.74, 6) is -0.893. The highest BCUT2D eigenvalue weighted by Crippen LogP contribution is 2.15. The van der Waals surface area contributed by atoms with E-state index in [1.807, 2.05) is 24.3 Å². The first-order chi connectivity index (χ1) is 16.8. The fourth-order valence-electron chi connectivity index (χ4n) is 3.10. The number of rotatable bonds is 10. The summed E-state index contributed by atoms with van der Waals surface area (Å²) in [6.07, 6.45) is 2.75. The van der Waals surface area contributed by atoms with E-state index in [9.17, 15) is 18.0 Å². The van der Waals surface area contributed by atoms with E-state index in [1.54, 1.807) is 0 Å². The van der Waals surface area contributed by atoms with E-state index in [2.05, 4.69) is 35.5 Å². The van der Waals surface area contributed by atoms with Crippen molar-refractivity contribution < 1.29 is 23.1 Å². The summed E-state index contributed by atoms with van der Waals surface area (Å²) < 4.78 is 28.8. The molecule has 0 aliphatic rings. The Bertz CT molecular complexity index is 1430. The SMILES string of the molecule is O=C(O)Cn1cc(CNS(=O)(=O)c2cccc(C(=O)NCc3ccc(-c4ncn[nH]4)cc3)c2)nn1. The first-order valence-corrected chi connectivity index (χ1v) is 11.7. The summed E-state index contributed by atoms with van der Waals surface area (Å²) in [5, 5.41) is 25.5. The fraction of sp³-hybridized carbons (Fsp3) is 0.143. The third kappa shape index (κ3) is 6.13. The Morgan fingerprint density at radius 1 is 1.09 bits per heavy atom. The van der Waals surface area contributed by atoms with Crippen LogP contribution < -0.4 is 10.0 Å². The smallest absolute Gasteiger partial charge is 0.325 e. The molecule has 0 aliphatic carbocycles. The third-order valence-corrected chi connectivity index (χ3v) is 6.23. The number of carbonyl (C=O) groups is 2. The maximum Gasteiger partial charge on any atom is 0.325 e. The summed E-state index contributed by atoms with van der Waals surface area (Å²) in [7, 11) is -3.96. The average Bonchev–Trinajstić information content (AvgIpc) is 3.54. The number of carbonyl (C=O) groups excluding carboxylic acids is 1. The minimum absolute atomic E-state index is 0.0977. The second-order valence-electron chi connectivity index (χ2n) is 7.37. The highest BCUT2D eigenvalue weighted by atomic mass is 32.2. The van der Waals surface area contributed by atoms with Gasteiger partial charge in [0.05, 0.1) is 23.3 Å². The number of carboxylic acids is 1. The summed E-state index contributed by atoms with van der Waals surface area (Å²) >= 11 is 0. The molecule has 0 fully saturated rings. The predicted molar refractivity (Wildman–Crippen MR) is 121 cm³/mol. The Morgan fingerprint density at radius 3 is 2.60 bits per heavy atom. The summed E-state index contributed by atoms with van der Waals surface area (Å²) in [5.41, 5.74) is 2.13. The van der Waals surface area contributed by atoms with Gasteiger partial charge in [-0.15, -0.1) is 5.10 Å². The van der Waals surface area contributed by atoms with Crippen molar-refractivity contribution >= 4 is 21.9 Å². The zero-order chi connectivity index (χ0) is 24.8. The molecule has 0 atom stereocenters.